The van der Waals surface area contributed by atoms with Crippen molar-refractivity contribution in [3.05, 3.63) is 48.8 Å². The number of allylic oxidation sites excluding steroid dienone is 5. The zero-order valence-corrected chi connectivity index (χ0v) is 7.45. The van der Waals surface area contributed by atoms with E-state index in [1.807, 2.05) is 6.08 Å². The predicted molar refractivity (Wildman–Crippen MR) is 51.9 cm³/mol. The highest BCUT2D eigenvalue weighted by Crippen LogP contribution is 2.24. The first-order valence-corrected chi connectivity index (χ1v) is 4.13. The van der Waals surface area contributed by atoms with Crippen molar-refractivity contribution >= 4 is 5.97 Å². The molecule has 0 saturated carbocycles. The fourth-order valence-electron chi connectivity index (χ4n) is 1.15. The van der Waals surface area contributed by atoms with Crippen molar-refractivity contribution in [2.45, 2.75) is 12.8 Å². The predicted octanol–water partition coefficient (Wildman–Crippen LogP) is 2.51. The summed E-state index contributed by atoms with van der Waals surface area (Å²) in [6, 6.07) is 0. The number of cyclic esters (lactones) is 1. The molecule has 1 rings (SSSR count). The van der Waals surface area contributed by atoms with Crippen LogP contribution in [0.5, 0.6) is 0 Å². The molecule has 0 amide bonds. The summed E-state index contributed by atoms with van der Waals surface area (Å²) < 4.78 is 5.03. The van der Waals surface area contributed by atoms with Crippen LogP contribution in [0.15, 0.2) is 48.8 Å². The second kappa shape index (κ2) is 4.45. The van der Waals surface area contributed by atoms with E-state index in [-0.39, 0.29) is 5.97 Å². The van der Waals surface area contributed by atoms with Crippen LogP contribution in [0.4, 0.5) is 0 Å². The summed E-state index contributed by atoms with van der Waals surface area (Å²) in [5.41, 5.74) is 0.995. The standard InChI is InChI=1S/C11H12O2/c1-3-5-9-7-8-11(12)13-10(9)6-4-2/h3-6H,1-2,7-8H2/b9-5-,10-6+. The summed E-state index contributed by atoms with van der Waals surface area (Å²) in [6.45, 7) is 7.15. The first-order chi connectivity index (χ1) is 6.27. The van der Waals surface area contributed by atoms with E-state index in [4.69, 9.17) is 4.74 Å². The van der Waals surface area contributed by atoms with Crippen LogP contribution in [0, 0.1) is 0 Å². The van der Waals surface area contributed by atoms with Gasteiger partial charge in [-0.25, -0.2) is 0 Å². The lowest BCUT2D eigenvalue weighted by Gasteiger charge is -2.16. The lowest BCUT2D eigenvalue weighted by Crippen LogP contribution is -2.12. The van der Waals surface area contributed by atoms with E-state index >= 15 is 0 Å². The Labute approximate surface area is 77.9 Å². The number of carbonyl (C=O) groups excluding carboxylic acids is 1. The molecule has 1 fully saturated rings. The minimum atomic E-state index is -0.186. The maximum Gasteiger partial charge on any atom is 0.311 e. The van der Waals surface area contributed by atoms with Crippen LogP contribution in [0.1, 0.15) is 12.8 Å². The third kappa shape index (κ3) is 2.44. The summed E-state index contributed by atoms with van der Waals surface area (Å²) >= 11 is 0. The molecule has 0 aromatic carbocycles. The zero-order valence-electron chi connectivity index (χ0n) is 7.45. The molecule has 0 aromatic heterocycles. The van der Waals surface area contributed by atoms with Gasteiger partial charge in [-0.2, -0.15) is 0 Å². The van der Waals surface area contributed by atoms with E-state index in [9.17, 15) is 4.79 Å². The maximum absolute atomic E-state index is 10.9. The Balaban J connectivity index is 2.90. The average Bonchev–Trinajstić information content (AvgIpc) is 2.10. The van der Waals surface area contributed by atoms with Crippen molar-refractivity contribution in [1.29, 1.82) is 0 Å². The van der Waals surface area contributed by atoms with Crippen molar-refractivity contribution in [3.63, 3.8) is 0 Å². The molecule has 2 heteroatoms. The Morgan fingerprint density at radius 1 is 1.15 bits per heavy atom. The highest BCUT2D eigenvalue weighted by atomic mass is 16.5. The lowest BCUT2D eigenvalue weighted by molar-refractivity contribution is -0.140. The van der Waals surface area contributed by atoms with Gasteiger partial charge >= 0.3 is 5.97 Å². The van der Waals surface area contributed by atoms with Crippen molar-refractivity contribution in [2.24, 2.45) is 0 Å². The molecular formula is C11H12O2. The van der Waals surface area contributed by atoms with Gasteiger partial charge in [0.05, 0.1) is 6.42 Å². The van der Waals surface area contributed by atoms with E-state index < -0.39 is 0 Å². The van der Waals surface area contributed by atoms with E-state index in [1.165, 1.54) is 0 Å². The summed E-state index contributed by atoms with van der Waals surface area (Å²) in [7, 11) is 0. The van der Waals surface area contributed by atoms with Gasteiger partial charge in [-0.05, 0) is 18.1 Å². The second-order valence-electron chi connectivity index (χ2n) is 2.67. The number of hydrogen-bond donors (Lipinski definition) is 0. The number of esters is 1. The molecule has 0 radical (unpaired) electrons. The van der Waals surface area contributed by atoms with E-state index in [0.29, 0.717) is 18.6 Å². The molecule has 2 nitrogen and oxygen atoms in total. The maximum atomic E-state index is 10.9. The Kier molecular flexibility index (Phi) is 3.26. The normalized spacial score (nSPS) is 22.9. The van der Waals surface area contributed by atoms with Gasteiger partial charge in [-0.1, -0.05) is 31.4 Å². The van der Waals surface area contributed by atoms with Gasteiger partial charge in [0.2, 0.25) is 0 Å². The molecule has 0 atom stereocenters. The Hall–Kier alpha value is -1.57. The minimum Gasteiger partial charge on any atom is -0.426 e. The summed E-state index contributed by atoms with van der Waals surface area (Å²) in [6.07, 6.45) is 7.98. The van der Waals surface area contributed by atoms with E-state index in [1.54, 1.807) is 18.2 Å². The molecule has 0 bridgehead atoms. The van der Waals surface area contributed by atoms with Crippen LogP contribution in [-0.2, 0) is 9.53 Å². The van der Waals surface area contributed by atoms with Gasteiger partial charge < -0.3 is 4.74 Å². The molecule has 13 heavy (non-hydrogen) atoms. The van der Waals surface area contributed by atoms with E-state index in [2.05, 4.69) is 13.2 Å². The SMILES string of the molecule is C=C/C=C1/CCC(=O)O/C1=C/C=C. The topological polar surface area (TPSA) is 26.3 Å². The molecule has 1 saturated heterocycles. The molecular weight excluding hydrogens is 164 g/mol. The van der Waals surface area contributed by atoms with Crippen LogP contribution < -0.4 is 0 Å². The first kappa shape index (κ1) is 9.52. The highest BCUT2D eigenvalue weighted by Gasteiger charge is 2.18. The van der Waals surface area contributed by atoms with Crippen LogP contribution in [0.25, 0.3) is 0 Å². The van der Waals surface area contributed by atoms with Crippen molar-refractivity contribution in [2.75, 3.05) is 0 Å². The van der Waals surface area contributed by atoms with Gasteiger partial charge in [-0.3, -0.25) is 4.79 Å². The fraction of sp³-hybridized carbons (Fsp3) is 0.182. The number of ether oxygens (including phenoxy) is 1. The van der Waals surface area contributed by atoms with Gasteiger partial charge in [0.25, 0.3) is 0 Å². The fourth-order valence-corrected chi connectivity index (χ4v) is 1.15. The van der Waals surface area contributed by atoms with Gasteiger partial charge in [-0.15, -0.1) is 0 Å². The second-order valence-corrected chi connectivity index (χ2v) is 2.67. The van der Waals surface area contributed by atoms with Crippen molar-refractivity contribution in [3.8, 4) is 0 Å². The van der Waals surface area contributed by atoms with Crippen molar-refractivity contribution in [1.82, 2.24) is 0 Å². The zero-order chi connectivity index (χ0) is 9.68. The number of hydrogen-bond acceptors (Lipinski definition) is 2. The molecule has 0 unspecified atom stereocenters. The third-order valence-electron chi connectivity index (χ3n) is 1.73. The Morgan fingerprint density at radius 3 is 2.46 bits per heavy atom. The number of carbonyl (C=O) groups is 1. The molecule has 0 spiro atoms. The summed E-state index contributed by atoms with van der Waals surface area (Å²) in [5, 5.41) is 0. The van der Waals surface area contributed by atoms with Gasteiger partial charge in [0.1, 0.15) is 5.76 Å². The Morgan fingerprint density at radius 2 is 1.85 bits per heavy atom. The van der Waals surface area contributed by atoms with Crippen molar-refractivity contribution < 1.29 is 9.53 Å². The third-order valence-corrected chi connectivity index (χ3v) is 1.73. The lowest BCUT2D eigenvalue weighted by atomic mass is 10.0. The van der Waals surface area contributed by atoms with Gasteiger partial charge in [0, 0.05) is 0 Å². The average molecular weight is 176 g/mol. The number of rotatable bonds is 2. The molecule has 1 aliphatic rings. The first-order valence-electron chi connectivity index (χ1n) is 4.13. The van der Waals surface area contributed by atoms with E-state index in [0.717, 1.165) is 5.57 Å². The van der Waals surface area contributed by atoms with Crippen LogP contribution in [0.2, 0.25) is 0 Å². The molecule has 0 aliphatic carbocycles. The molecule has 0 aromatic rings. The van der Waals surface area contributed by atoms with Crippen LogP contribution in [-0.4, -0.2) is 5.97 Å². The smallest absolute Gasteiger partial charge is 0.311 e. The molecule has 1 aliphatic heterocycles. The molecule has 1 heterocycles. The van der Waals surface area contributed by atoms with Crippen LogP contribution in [0.3, 0.4) is 0 Å². The van der Waals surface area contributed by atoms with Gasteiger partial charge in [0.15, 0.2) is 0 Å². The molecule has 68 valence electrons. The van der Waals surface area contributed by atoms with Crippen LogP contribution >= 0.6 is 0 Å². The quantitative estimate of drug-likeness (QED) is 0.604. The highest BCUT2D eigenvalue weighted by molar-refractivity contribution is 5.74. The summed E-state index contributed by atoms with van der Waals surface area (Å²) in [4.78, 5) is 10.9. The largest absolute Gasteiger partial charge is 0.426 e. The Bertz CT molecular complexity index is 295. The monoisotopic (exact) mass is 176 g/mol. The minimum absolute atomic E-state index is 0.186. The summed E-state index contributed by atoms with van der Waals surface area (Å²) in [5.74, 6) is 0.403. The molecule has 0 N–H and O–H groups in total.